The van der Waals surface area contributed by atoms with Crippen molar-refractivity contribution in [1.29, 1.82) is 0 Å². The van der Waals surface area contributed by atoms with Crippen molar-refractivity contribution in [2.75, 3.05) is 18.8 Å². The van der Waals surface area contributed by atoms with E-state index in [-0.39, 0.29) is 5.91 Å². The molecule has 16 heavy (non-hydrogen) atoms. The first-order chi connectivity index (χ1) is 7.68. The predicted molar refractivity (Wildman–Crippen MR) is 62.9 cm³/mol. The second-order valence-electron chi connectivity index (χ2n) is 3.99. The van der Waals surface area contributed by atoms with Crippen molar-refractivity contribution in [2.24, 2.45) is 0 Å². The number of hydrogen-bond acceptors (Lipinski definition) is 3. The minimum absolute atomic E-state index is 0.0816. The number of pyridine rings is 1. The number of carbonyl (C=O) groups excluding carboxylic acids is 1. The van der Waals surface area contributed by atoms with Crippen LogP contribution in [0.5, 0.6) is 0 Å². The Morgan fingerprint density at radius 1 is 1.56 bits per heavy atom. The summed E-state index contributed by atoms with van der Waals surface area (Å²) in [7, 11) is 0. The lowest BCUT2D eigenvalue weighted by atomic mass is 10.1. The molecular weight excluding hydrogens is 202 g/mol. The monoisotopic (exact) mass is 217 g/mol. The first kappa shape index (κ1) is 10.7. The Morgan fingerprint density at radius 3 is 3.00 bits per heavy atom. The molecule has 0 aromatic carbocycles. The lowest BCUT2D eigenvalue weighted by molar-refractivity contribution is 0.0764. The van der Waals surface area contributed by atoms with Gasteiger partial charge in [0.2, 0.25) is 0 Å². The van der Waals surface area contributed by atoms with Crippen LogP contribution in [0.15, 0.2) is 30.0 Å². The van der Waals surface area contributed by atoms with Gasteiger partial charge in [0, 0.05) is 19.3 Å². The second kappa shape index (κ2) is 4.35. The number of amides is 1. The number of carbonyl (C=O) groups is 1. The Bertz CT molecular complexity index is 440. The summed E-state index contributed by atoms with van der Waals surface area (Å²) in [5.41, 5.74) is 7.86. The van der Waals surface area contributed by atoms with Crippen LogP contribution in [0, 0.1) is 0 Å². The number of nitrogens with two attached hydrogens (primary N) is 1. The van der Waals surface area contributed by atoms with E-state index in [1.165, 1.54) is 5.57 Å². The third kappa shape index (κ3) is 2.05. The first-order valence-electron chi connectivity index (χ1n) is 5.34. The van der Waals surface area contributed by atoms with Crippen LogP contribution in [0.3, 0.4) is 0 Å². The van der Waals surface area contributed by atoms with E-state index in [0.29, 0.717) is 17.9 Å². The zero-order valence-corrected chi connectivity index (χ0v) is 9.31. The average molecular weight is 217 g/mol. The molecule has 0 bridgehead atoms. The fourth-order valence-corrected chi connectivity index (χ4v) is 1.70. The Morgan fingerprint density at radius 2 is 2.38 bits per heavy atom. The van der Waals surface area contributed by atoms with Crippen molar-refractivity contribution in [3.8, 4) is 0 Å². The van der Waals surface area contributed by atoms with Gasteiger partial charge in [-0.05, 0) is 25.5 Å². The number of aromatic nitrogens is 1. The van der Waals surface area contributed by atoms with E-state index in [2.05, 4.69) is 18.0 Å². The van der Waals surface area contributed by atoms with Gasteiger partial charge >= 0.3 is 0 Å². The normalized spacial score (nSPS) is 15.8. The molecule has 1 aliphatic rings. The van der Waals surface area contributed by atoms with Crippen molar-refractivity contribution in [2.45, 2.75) is 13.3 Å². The highest BCUT2D eigenvalue weighted by Crippen LogP contribution is 2.15. The van der Waals surface area contributed by atoms with Crippen LogP contribution in [0.4, 0.5) is 5.69 Å². The largest absolute Gasteiger partial charge is 0.397 e. The summed E-state index contributed by atoms with van der Waals surface area (Å²) in [5.74, 6) is -0.0816. The molecule has 1 aromatic heterocycles. The van der Waals surface area contributed by atoms with Gasteiger partial charge in [0.15, 0.2) is 5.69 Å². The van der Waals surface area contributed by atoms with Gasteiger partial charge in [-0.25, -0.2) is 4.98 Å². The van der Waals surface area contributed by atoms with Gasteiger partial charge in [-0.3, -0.25) is 4.79 Å². The van der Waals surface area contributed by atoms with Crippen molar-refractivity contribution >= 4 is 11.6 Å². The molecule has 4 heteroatoms. The summed E-state index contributed by atoms with van der Waals surface area (Å²) in [4.78, 5) is 17.9. The number of rotatable bonds is 1. The molecule has 4 nitrogen and oxygen atoms in total. The lowest BCUT2D eigenvalue weighted by Crippen LogP contribution is -2.35. The molecule has 2 heterocycles. The molecule has 0 saturated heterocycles. The van der Waals surface area contributed by atoms with Crippen molar-refractivity contribution in [1.82, 2.24) is 9.88 Å². The van der Waals surface area contributed by atoms with E-state index in [9.17, 15) is 4.79 Å². The van der Waals surface area contributed by atoms with Crippen molar-refractivity contribution < 1.29 is 4.79 Å². The van der Waals surface area contributed by atoms with Gasteiger partial charge in [-0.2, -0.15) is 0 Å². The molecular formula is C12H15N3O. The molecule has 1 amide bonds. The predicted octanol–water partition coefficient (Wildman–Crippen LogP) is 1.46. The number of hydrogen-bond donors (Lipinski definition) is 1. The average Bonchev–Trinajstić information content (AvgIpc) is 2.30. The van der Waals surface area contributed by atoms with Gasteiger partial charge in [0.05, 0.1) is 5.69 Å². The maximum absolute atomic E-state index is 12.1. The molecule has 0 radical (unpaired) electrons. The van der Waals surface area contributed by atoms with Gasteiger partial charge in [-0.1, -0.05) is 11.6 Å². The quantitative estimate of drug-likeness (QED) is 0.724. The van der Waals surface area contributed by atoms with E-state index in [1.807, 2.05) is 0 Å². The van der Waals surface area contributed by atoms with Crippen LogP contribution in [0.25, 0.3) is 0 Å². The fourth-order valence-electron chi connectivity index (χ4n) is 1.70. The van der Waals surface area contributed by atoms with E-state index in [1.54, 1.807) is 23.2 Å². The molecule has 0 fully saturated rings. The van der Waals surface area contributed by atoms with Crippen molar-refractivity contribution in [3.05, 3.63) is 35.7 Å². The number of nitrogen functional groups attached to an aromatic ring is 1. The number of nitrogens with zero attached hydrogens (tertiary/aromatic N) is 2. The van der Waals surface area contributed by atoms with Gasteiger partial charge in [0.1, 0.15) is 0 Å². The van der Waals surface area contributed by atoms with Gasteiger partial charge < -0.3 is 10.6 Å². The highest BCUT2D eigenvalue weighted by Gasteiger charge is 2.20. The minimum atomic E-state index is -0.0816. The number of anilines is 1. The summed E-state index contributed by atoms with van der Waals surface area (Å²) < 4.78 is 0. The van der Waals surface area contributed by atoms with E-state index < -0.39 is 0 Å². The summed E-state index contributed by atoms with van der Waals surface area (Å²) in [6.07, 6.45) is 4.59. The zero-order chi connectivity index (χ0) is 11.5. The molecule has 2 rings (SSSR count). The van der Waals surface area contributed by atoms with Crippen LogP contribution >= 0.6 is 0 Å². The third-order valence-corrected chi connectivity index (χ3v) is 2.76. The molecule has 0 saturated carbocycles. The third-order valence-electron chi connectivity index (χ3n) is 2.76. The van der Waals surface area contributed by atoms with Crippen LogP contribution < -0.4 is 5.73 Å². The van der Waals surface area contributed by atoms with E-state index >= 15 is 0 Å². The van der Waals surface area contributed by atoms with Crippen LogP contribution in [0.1, 0.15) is 23.8 Å². The van der Waals surface area contributed by atoms with E-state index in [4.69, 9.17) is 5.73 Å². The SMILES string of the molecule is CC1=CCN(C(=O)c2ncccc2N)CC1. The van der Waals surface area contributed by atoms with Gasteiger partial charge in [0.25, 0.3) is 5.91 Å². The smallest absolute Gasteiger partial charge is 0.274 e. The maximum Gasteiger partial charge on any atom is 0.274 e. The topological polar surface area (TPSA) is 59.2 Å². The second-order valence-corrected chi connectivity index (χ2v) is 3.99. The molecule has 0 spiro atoms. The summed E-state index contributed by atoms with van der Waals surface area (Å²) >= 11 is 0. The Kier molecular flexibility index (Phi) is 2.90. The molecule has 0 unspecified atom stereocenters. The Hall–Kier alpha value is -1.84. The molecule has 2 N–H and O–H groups in total. The summed E-state index contributed by atoms with van der Waals surface area (Å²) in [6.45, 7) is 3.48. The standard InChI is InChI=1S/C12H15N3O/c1-9-4-7-15(8-5-9)12(16)11-10(13)3-2-6-14-11/h2-4,6H,5,7-8,13H2,1H3. The zero-order valence-electron chi connectivity index (χ0n) is 9.31. The first-order valence-corrected chi connectivity index (χ1v) is 5.34. The van der Waals surface area contributed by atoms with Crippen LogP contribution in [-0.2, 0) is 0 Å². The lowest BCUT2D eigenvalue weighted by Gasteiger charge is -2.25. The van der Waals surface area contributed by atoms with Crippen LogP contribution in [0.2, 0.25) is 0 Å². The Labute approximate surface area is 94.8 Å². The highest BCUT2D eigenvalue weighted by atomic mass is 16.2. The highest BCUT2D eigenvalue weighted by molar-refractivity contribution is 5.97. The molecule has 0 atom stereocenters. The van der Waals surface area contributed by atoms with E-state index in [0.717, 1.165) is 13.0 Å². The molecule has 0 aliphatic carbocycles. The minimum Gasteiger partial charge on any atom is -0.397 e. The maximum atomic E-state index is 12.1. The molecule has 1 aliphatic heterocycles. The summed E-state index contributed by atoms with van der Waals surface area (Å²) in [5, 5.41) is 0. The Balaban J connectivity index is 2.18. The summed E-state index contributed by atoms with van der Waals surface area (Å²) in [6, 6.07) is 3.43. The fraction of sp³-hybridized carbons (Fsp3) is 0.333. The molecule has 1 aromatic rings. The van der Waals surface area contributed by atoms with Crippen molar-refractivity contribution in [3.63, 3.8) is 0 Å². The molecule has 84 valence electrons. The van der Waals surface area contributed by atoms with Gasteiger partial charge in [-0.15, -0.1) is 0 Å². The van der Waals surface area contributed by atoms with Crippen LogP contribution in [-0.4, -0.2) is 28.9 Å².